The molecule has 10 nitrogen and oxygen atoms in total. The number of ether oxygens (including phenoxy) is 4. The molecule has 6 rings (SSSR count). The number of aliphatic hydroxyl groups is 1. The summed E-state index contributed by atoms with van der Waals surface area (Å²) < 4.78 is 25.0. The summed E-state index contributed by atoms with van der Waals surface area (Å²) in [5, 5.41) is 15.4. The van der Waals surface area contributed by atoms with Gasteiger partial charge in [0.05, 0.1) is 18.8 Å². The molecule has 2 amide bonds. The molecule has 3 N–H and O–H groups in total. The molecule has 51 heavy (non-hydrogen) atoms. The fourth-order valence-corrected chi connectivity index (χ4v) is 6.53. The molecule has 0 aromatic heterocycles. The molecule has 0 spiro atoms. The van der Waals surface area contributed by atoms with E-state index >= 15 is 0 Å². The molecule has 10 heteroatoms. The first-order valence-electron chi connectivity index (χ1n) is 17.5. The summed E-state index contributed by atoms with van der Waals surface area (Å²) in [5.41, 5.74) is 3.15. The van der Waals surface area contributed by atoms with Crippen molar-refractivity contribution in [1.82, 2.24) is 4.90 Å². The van der Waals surface area contributed by atoms with Crippen LogP contribution in [0.25, 0.3) is 0 Å². The number of amides is 2. The number of aliphatic hydroxyl groups excluding tert-OH is 1. The first-order chi connectivity index (χ1) is 24.5. The van der Waals surface area contributed by atoms with Gasteiger partial charge in [0, 0.05) is 29.4 Å². The van der Waals surface area contributed by atoms with Crippen molar-refractivity contribution in [2.75, 3.05) is 23.7 Å². The minimum Gasteiger partial charge on any atom is -0.459 e. The summed E-state index contributed by atoms with van der Waals surface area (Å²) in [6.07, 6.45) is 0.307. The van der Waals surface area contributed by atoms with E-state index < -0.39 is 17.9 Å². The van der Waals surface area contributed by atoms with Gasteiger partial charge in [-0.3, -0.25) is 9.69 Å². The van der Waals surface area contributed by atoms with E-state index in [1.807, 2.05) is 99.6 Å². The zero-order valence-corrected chi connectivity index (χ0v) is 29.6. The van der Waals surface area contributed by atoms with Gasteiger partial charge in [0.2, 0.25) is 0 Å². The Balaban J connectivity index is 1.16. The van der Waals surface area contributed by atoms with Gasteiger partial charge < -0.3 is 34.7 Å². The molecule has 5 atom stereocenters. The molecular weight excluding hydrogens is 646 g/mol. The molecule has 4 aromatic rings. The molecule has 2 heterocycles. The summed E-state index contributed by atoms with van der Waals surface area (Å²) in [7, 11) is 0. The van der Waals surface area contributed by atoms with Crippen LogP contribution in [0.4, 0.5) is 16.2 Å². The Morgan fingerprint density at radius 1 is 0.843 bits per heavy atom. The van der Waals surface area contributed by atoms with Crippen molar-refractivity contribution in [3.05, 3.63) is 120 Å². The van der Waals surface area contributed by atoms with E-state index in [1.165, 1.54) is 0 Å². The monoisotopic (exact) mass is 693 g/mol. The number of carbonyl (C=O) groups excluding carboxylic acids is 2. The van der Waals surface area contributed by atoms with E-state index in [4.69, 9.17) is 18.9 Å². The Morgan fingerprint density at radius 3 is 2.25 bits per heavy atom. The Labute approximate surface area is 299 Å². The molecule has 2 aliphatic rings. The Bertz CT molecular complexity index is 1760. The van der Waals surface area contributed by atoms with Crippen LogP contribution < -0.4 is 15.4 Å². The molecule has 0 saturated carbocycles. The van der Waals surface area contributed by atoms with E-state index in [1.54, 1.807) is 24.3 Å². The van der Waals surface area contributed by atoms with Crippen molar-refractivity contribution >= 4 is 23.4 Å². The molecule has 268 valence electrons. The van der Waals surface area contributed by atoms with Gasteiger partial charge in [-0.2, -0.15) is 0 Å². The Kier molecular flexibility index (Phi) is 11.4. The molecule has 2 fully saturated rings. The normalized spacial score (nSPS) is 22.3. The minimum atomic E-state index is -0.738. The molecule has 0 unspecified atom stereocenters. The van der Waals surface area contributed by atoms with Crippen LogP contribution in [0.3, 0.4) is 0 Å². The molecular formula is C41H47N3O7. The lowest BCUT2D eigenvalue weighted by molar-refractivity contribution is -0.276. The molecule has 0 aliphatic carbocycles. The van der Waals surface area contributed by atoms with Crippen LogP contribution in [-0.2, 0) is 25.6 Å². The summed E-state index contributed by atoms with van der Waals surface area (Å²) in [5.74, 6) is 1.13. The van der Waals surface area contributed by atoms with Crippen LogP contribution in [-0.4, -0.2) is 52.8 Å². The first kappa shape index (κ1) is 36.1. The fraction of sp³-hybridized carbons (Fsp3) is 0.366. The quantitative estimate of drug-likeness (QED) is 0.142. The van der Waals surface area contributed by atoms with Gasteiger partial charge in [0.1, 0.15) is 23.1 Å². The van der Waals surface area contributed by atoms with Crippen LogP contribution in [0.5, 0.6) is 11.5 Å². The SMILES string of the molecule is C[C@@H]1[C@H](CN2CCC[C@H]2C(=O)OC(C)(C)C)O[C@H](c2cccc(NC(=O)Nc3ccc(Oc4ccccc4)cc3)c2)O[C@@H]1c1ccc(CO)cc1. The lowest BCUT2D eigenvalue weighted by Crippen LogP contribution is -2.48. The average Bonchev–Trinajstić information content (AvgIpc) is 3.58. The lowest BCUT2D eigenvalue weighted by atomic mass is 9.90. The lowest BCUT2D eigenvalue weighted by Gasteiger charge is -2.43. The zero-order chi connectivity index (χ0) is 36.0. The number of para-hydroxylation sites is 1. The third kappa shape index (κ3) is 9.53. The maximum absolute atomic E-state index is 13.2. The second kappa shape index (κ2) is 16.1. The highest BCUT2D eigenvalue weighted by Gasteiger charge is 2.42. The van der Waals surface area contributed by atoms with Crippen molar-refractivity contribution in [2.45, 2.75) is 77.3 Å². The summed E-state index contributed by atoms with van der Waals surface area (Å²) in [6.45, 7) is 9.03. The standard InChI is InChI=1S/C41H47N3O7/c1-27-36(25-44-23-9-14-35(44)38(46)51-41(2,3)4)49-39(50-37(27)29-17-15-28(26-45)16-18-29)30-10-8-11-32(24-30)43-40(47)42-31-19-21-34(22-20-31)48-33-12-6-5-7-13-33/h5-8,10-13,15-22,24,27,35-37,39,45H,9,14,23,25-26H2,1-4H3,(H2,42,43,47)/t27-,35+,36+,37+,39+/m1/s1. The molecule has 2 aliphatic heterocycles. The Hall–Kier alpha value is -4.74. The van der Waals surface area contributed by atoms with Gasteiger partial charge in [-0.15, -0.1) is 0 Å². The first-order valence-corrected chi connectivity index (χ1v) is 17.5. The maximum Gasteiger partial charge on any atom is 0.323 e. The molecule has 0 bridgehead atoms. The zero-order valence-electron chi connectivity index (χ0n) is 29.6. The largest absolute Gasteiger partial charge is 0.459 e. The number of urea groups is 1. The summed E-state index contributed by atoms with van der Waals surface area (Å²) >= 11 is 0. The number of esters is 1. The van der Waals surface area contributed by atoms with E-state index in [9.17, 15) is 14.7 Å². The Morgan fingerprint density at radius 2 is 1.55 bits per heavy atom. The van der Waals surface area contributed by atoms with Crippen molar-refractivity contribution in [3.8, 4) is 11.5 Å². The predicted molar refractivity (Wildman–Crippen MR) is 195 cm³/mol. The van der Waals surface area contributed by atoms with Gasteiger partial charge in [0.15, 0.2) is 6.29 Å². The number of hydrogen-bond donors (Lipinski definition) is 3. The van der Waals surface area contributed by atoms with E-state index in [0.717, 1.165) is 41.8 Å². The predicted octanol–water partition coefficient (Wildman–Crippen LogP) is 8.21. The fourth-order valence-electron chi connectivity index (χ4n) is 6.53. The number of nitrogens with one attached hydrogen (secondary N) is 2. The number of benzene rings is 4. The number of anilines is 2. The number of likely N-dealkylation sites (tertiary alicyclic amines) is 1. The van der Waals surface area contributed by atoms with Crippen molar-refractivity contribution < 1.29 is 33.6 Å². The number of nitrogens with zero attached hydrogens (tertiary/aromatic N) is 1. The van der Waals surface area contributed by atoms with Gasteiger partial charge in [0.25, 0.3) is 0 Å². The summed E-state index contributed by atoms with van der Waals surface area (Å²) in [4.78, 5) is 28.3. The average molecular weight is 694 g/mol. The van der Waals surface area contributed by atoms with Crippen molar-refractivity contribution in [1.29, 1.82) is 0 Å². The molecule has 0 radical (unpaired) electrons. The molecule has 4 aromatic carbocycles. The highest BCUT2D eigenvalue weighted by molar-refractivity contribution is 5.99. The molecule has 2 saturated heterocycles. The smallest absolute Gasteiger partial charge is 0.323 e. The van der Waals surface area contributed by atoms with Crippen LogP contribution in [0.15, 0.2) is 103 Å². The highest BCUT2D eigenvalue weighted by atomic mass is 16.7. The third-order valence-electron chi connectivity index (χ3n) is 9.09. The number of carbonyl (C=O) groups is 2. The third-order valence-corrected chi connectivity index (χ3v) is 9.09. The number of rotatable bonds is 10. The van der Waals surface area contributed by atoms with Gasteiger partial charge in [-0.25, -0.2) is 4.79 Å². The van der Waals surface area contributed by atoms with E-state index in [0.29, 0.717) is 23.7 Å². The minimum absolute atomic E-state index is 0.0436. The van der Waals surface area contributed by atoms with Crippen molar-refractivity contribution in [2.24, 2.45) is 5.92 Å². The van der Waals surface area contributed by atoms with E-state index in [2.05, 4.69) is 22.5 Å². The topological polar surface area (TPSA) is 119 Å². The van der Waals surface area contributed by atoms with Gasteiger partial charge in [-0.1, -0.05) is 61.5 Å². The van der Waals surface area contributed by atoms with Gasteiger partial charge >= 0.3 is 12.0 Å². The van der Waals surface area contributed by atoms with Crippen LogP contribution in [0, 0.1) is 5.92 Å². The van der Waals surface area contributed by atoms with E-state index in [-0.39, 0.29) is 36.7 Å². The highest BCUT2D eigenvalue weighted by Crippen LogP contribution is 2.43. The van der Waals surface area contributed by atoms with Crippen LogP contribution >= 0.6 is 0 Å². The van der Waals surface area contributed by atoms with Crippen LogP contribution in [0.2, 0.25) is 0 Å². The van der Waals surface area contributed by atoms with Crippen molar-refractivity contribution in [3.63, 3.8) is 0 Å². The van der Waals surface area contributed by atoms with Crippen LogP contribution in [0.1, 0.15) is 69.6 Å². The maximum atomic E-state index is 13.2. The number of hydrogen-bond acceptors (Lipinski definition) is 8. The van der Waals surface area contributed by atoms with Gasteiger partial charge in [-0.05, 0) is 99.8 Å². The second-order valence-corrected chi connectivity index (χ2v) is 14.2. The second-order valence-electron chi connectivity index (χ2n) is 14.2. The summed E-state index contributed by atoms with van der Waals surface area (Å²) in [6, 6.07) is 31.1.